The quantitative estimate of drug-likeness (QED) is 0.476. The number of aromatic hydroxyl groups is 1. The number of nitrogens with one attached hydrogen (secondary N) is 1. The molecule has 0 amide bonds. The lowest BCUT2D eigenvalue weighted by Gasteiger charge is -1.99. The molecule has 0 fully saturated rings. The molecule has 0 atom stereocenters. The molecule has 0 spiro atoms. The number of rotatable bonds is 2. The van der Waals surface area contributed by atoms with Gasteiger partial charge in [-0.3, -0.25) is 0 Å². The number of benzene rings is 2. The Labute approximate surface area is 147 Å². The van der Waals surface area contributed by atoms with Gasteiger partial charge in [-0.25, -0.2) is 4.98 Å². The number of aromatic amines is 1. The van der Waals surface area contributed by atoms with Gasteiger partial charge < -0.3 is 10.1 Å². The van der Waals surface area contributed by atoms with Crippen LogP contribution in [0, 0.1) is 28.7 Å². The topological polar surface area (TPSA) is 72.7 Å². The van der Waals surface area contributed by atoms with E-state index in [0.29, 0.717) is 11.4 Å². The number of allylic oxidation sites excluding steroid dienone is 1. The van der Waals surface area contributed by atoms with Gasteiger partial charge in [0.2, 0.25) is 0 Å². The average Bonchev–Trinajstić information content (AvgIpc) is 2.91. The maximum absolute atomic E-state index is 9.59. The van der Waals surface area contributed by atoms with Gasteiger partial charge in [-0.05, 0) is 83.5 Å². The average molecular weight is 415 g/mol. The van der Waals surface area contributed by atoms with Crippen LogP contribution in [0.25, 0.3) is 22.7 Å². The number of nitrogens with zero attached hydrogens (tertiary/aromatic N) is 2. The van der Waals surface area contributed by atoms with Crippen molar-refractivity contribution in [3.63, 3.8) is 0 Å². The predicted molar refractivity (Wildman–Crippen MR) is 99.9 cm³/mol. The van der Waals surface area contributed by atoms with Crippen LogP contribution in [0.15, 0.2) is 30.3 Å². The van der Waals surface area contributed by atoms with Crippen LogP contribution in [0.2, 0.25) is 0 Å². The number of aromatic nitrogens is 2. The Morgan fingerprint density at radius 1 is 1.26 bits per heavy atom. The summed E-state index contributed by atoms with van der Waals surface area (Å²) in [5, 5.41) is 19.1. The number of phenols is 1. The second kappa shape index (κ2) is 6.05. The Balaban J connectivity index is 2.08. The number of nitriles is 1. The van der Waals surface area contributed by atoms with E-state index in [4.69, 9.17) is 0 Å². The van der Waals surface area contributed by atoms with E-state index in [1.165, 1.54) is 11.1 Å². The number of H-pyrrole nitrogens is 1. The molecule has 114 valence electrons. The van der Waals surface area contributed by atoms with Crippen molar-refractivity contribution in [1.29, 1.82) is 5.26 Å². The third-order valence-electron chi connectivity index (χ3n) is 3.76. The zero-order valence-corrected chi connectivity index (χ0v) is 14.8. The summed E-state index contributed by atoms with van der Waals surface area (Å²) in [6, 6.07) is 11.5. The first kappa shape index (κ1) is 15.6. The highest BCUT2D eigenvalue weighted by atomic mass is 127. The van der Waals surface area contributed by atoms with Gasteiger partial charge in [0.25, 0.3) is 0 Å². The Morgan fingerprint density at radius 2 is 2.00 bits per heavy atom. The summed E-state index contributed by atoms with van der Waals surface area (Å²) in [5.41, 5.74) is 5.43. The largest absolute Gasteiger partial charge is 0.507 e. The molecule has 2 aromatic carbocycles. The molecule has 0 bridgehead atoms. The Bertz CT molecular complexity index is 941. The summed E-state index contributed by atoms with van der Waals surface area (Å²) < 4.78 is 0.740. The molecule has 1 aromatic heterocycles. The first-order chi connectivity index (χ1) is 11.0. The van der Waals surface area contributed by atoms with Crippen LogP contribution >= 0.6 is 22.6 Å². The van der Waals surface area contributed by atoms with E-state index in [2.05, 4.69) is 45.6 Å². The van der Waals surface area contributed by atoms with Crippen molar-refractivity contribution in [2.75, 3.05) is 0 Å². The van der Waals surface area contributed by atoms with Crippen molar-refractivity contribution in [3.05, 3.63) is 56.4 Å². The molecule has 3 rings (SSSR count). The van der Waals surface area contributed by atoms with Gasteiger partial charge in [-0.1, -0.05) is 6.07 Å². The van der Waals surface area contributed by atoms with Crippen LogP contribution in [0.3, 0.4) is 0 Å². The highest BCUT2D eigenvalue weighted by Gasteiger charge is 2.09. The van der Waals surface area contributed by atoms with E-state index in [-0.39, 0.29) is 5.75 Å². The van der Waals surface area contributed by atoms with Gasteiger partial charge in [0, 0.05) is 0 Å². The van der Waals surface area contributed by atoms with Gasteiger partial charge in [-0.15, -0.1) is 0 Å². The molecule has 23 heavy (non-hydrogen) atoms. The third kappa shape index (κ3) is 3.08. The van der Waals surface area contributed by atoms with Crippen LogP contribution in [0.5, 0.6) is 5.75 Å². The van der Waals surface area contributed by atoms with E-state index >= 15 is 0 Å². The monoisotopic (exact) mass is 415 g/mol. The Kier molecular flexibility index (Phi) is 4.09. The van der Waals surface area contributed by atoms with Gasteiger partial charge in [0.05, 0.1) is 20.2 Å². The molecule has 4 nitrogen and oxygen atoms in total. The molecular weight excluding hydrogens is 401 g/mol. The minimum atomic E-state index is 0.232. The second-order valence-electron chi connectivity index (χ2n) is 5.42. The molecule has 0 saturated carbocycles. The van der Waals surface area contributed by atoms with Crippen LogP contribution in [0.4, 0.5) is 0 Å². The zero-order chi connectivity index (χ0) is 16.6. The van der Waals surface area contributed by atoms with Crippen LogP contribution in [-0.4, -0.2) is 15.1 Å². The summed E-state index contributed by atoms with van der Waals surface area (Å²) >= 11 is 2.06. The van der Waals surface area contributed by atoms with E-state index < -0.39 is 0 Å². The molecule has 1 heterocycles. The smallest absolute Gasteiger partial charge is 0.149 e. The number of imidazole rings is 1. The van der Waals surface area contributed by atoms with E-state index in [0.717, 1.165) is 20.2 Å². The highest BCUT2D eigenvalue weighted by Crippen LogP contribution is 2.25. The normalized spacial score (nSPS) is 11.7. The molecule has 0 aliphatic carbocycles. The maximum Gasteiger partial charge on any atom is 0.149 e. The van der Waals surface area contributed by atoms with Crippen LogP contribution in [-0.2, 0) is 0 Å². The van der Waals surface area contributed by atoms with Crippen LogP contribution in [0.1, 0.15) is 22.5 Å². The highest BCUT2D eigenvalue weighted by molar-refractivity contribution is 14.1. The first-order valence-electron chi connectivity index (χ1n) is 7.05. The van der Waals surface area contributed by atoms with Crippen molar-refractivity contribution in [1.82, 2.24) is 9.97 Å². The molecule has 0 aliphatic heterocycles. The number of aryl methyl sites for hydroxylation is 2. The molecule has 0 radical (unpaired) electrons. The fourth-order valence-electron chi connectivity index (χ4n) is 2.33. The minimum absolute atomic E-state index is 0.232. The lowest BCUT2D eigenvalue weighted by Crippen LogP contribution is -1.85. The maximum atomic E-state index is 9.59. The number of phenolic OH excluding ortho intramolecular Hbond substituents is 1. The third-order valence-corrected chi connectivity index (χ3v) is 4.62. The predicted octanol–water partition coefficient (Wildman–Crippen LogP) is 4.55. The van der Waals surface area contributed by atoms with Crippen molar-refractivity contribution in [3.8, 4) is 11.8 Å². The van der Waals surface area contributed by atoms with Crippen LogP contribution < -0.4 is 0 Å². The molecule has 2 N–H and O–H groups in total. The fraction of sp³-hybridized carbons (Fsp3) is 0.111. The van der Waals surface area contributed by atoms with Gasteiger partial charge in [0.1, 0.15) is 17.6 Å². The molecule has 3 aromatic rings. The summed E-state index contributed by atoms with van der Waals surface area (Å²) in [4.78, 5) is 7.73. The number of fused-ring (bicyclic) bond motifs is 1. The van der Waals surface area contributed by atoms with E-state index in [9.17, 15) is 10.4 Å². The lowest BCUT2D eigenvalue weighted by atomic mass is 10.1. The van der Waals surface area contributed by atoms with Crippen molar-refractivity contribution in [2.24, 2.45) is 0 Å². The van der Waals surface area contributed by atoms with Crippen molar-refractivity contribution >= 4 is 45.3 Å². The number of halogens is 1. The van der Waals surface area contributed by atoms with Crippen molar-refractivity contribution < 1.29 is 5.11 Å². The molecule has 0 aliphatic rings. The summed E-state index contributed by atoms with van der Waals surface area (Å²) in [6.07, 6.45) is 1.76. The minimum Gasteiger partial charge on any atom is -0.507 e. The van der Waals surface area contributed by atoms with Gasteiger partial charge in [0.15, 0.2) is 0 Å². The fourth-order valence-corrected chi connectivity index (χ4v) is 2.87. The molecule has 0 saturated heterocycles. The van der Waals surface area contributed by atoms with Gasteiger partial charge >= 0.3 is 0 Å². The molecule has 5 heteroatoms. The summed E-state index contributed by atoms with van der Waals surface area (Å²) in [7, 11) is 0. The first-order valence-corrected chi connectivity index (χ1v) is 8.13. The van der Waals surface area contributed by atoms with Crippen molar-refractivity contribution in [2.45, 2.75) is 13.8 Å². The second-order valence-corrected chi connectivity index (χ2v) is 6.58. The number of hydrogen-bond donors (Lipinski definition) is 2. The van der Waals surface area contributed by atoms with Gasteiger partial charge in [-0.2, -0.15) is 5.26 Å². The lowest BCUT2D eigenvalue weighted by molar-refractivity contribution is 0.471. The number of hydrogen-bond acceptors (Lipinski definition) is 3. The summed E-state index contributed by atoms with van der Waals surface area (Å²) in [5.74, 6) is 0.784. The van der Waals surface area contributed by atoms with E-state index in [1.54, 1.807) is 18.2 Å². The van der Waals surface area contributed by atoms with E-state index in [1.807, 2.05) is 25.1 Å². The SMILES string of the molecule is Cc1cc2nc(C(C#N)=Cc3ccc(O)c(I)c3)[nH]c2cc1C. The Morgan fingerprint density at radius 3 is 2.70 bits per heavy atom. The summed E-state index contributed by atoms with van der Waals surface area (Å²) in [6.45, 7) is 4.09. The molecular formula is C18H14IN3O. The molecule has 0 unspecified atom stereocenters. The Hall–Kier alpha value is -2.33. The standard InChI is InChI=1S/C18H14IN3O/c1-10-5-15-16(6-11(10)2)22-18(21-15)13(9-20)7-12-3-4-17(23)14(19)8-12/h3-8,23H,1-2H3,(H,21,22). The zero-order valence-electron chi connectivity index (χ0n) is 12.7.